The molecule has 0 saturated carbocycles. The highest BCUT2D eigenvalue weighted by Gasteiger charge is 2.16. The summed E-state index contributed by atoms with van der Waals surface area (Å²) < 4.78 is 12.1. The van der Waals surface area contributed by atoms with Crippen LogP contribution >= 0.6 is 23.4 Å². The van der Waals surface area contributed by atoms with E-state index in [0.29, 0.717) is 50.0 Å². The molecule has 0 radical (unpaired) electrons. The van der Waals surface area contributed by atoms with Crippen LogP contribution in [-0.4, -0.2) is 19.7 Å². The first-order valence-corrected chi connectivity index (χ1v) is 10.3. The summed E-state index contributed by atoms with van der Waals surface area (Å²) in [6.45, 7) is 0. The van der Waals surface area contributed by atoms with Gasteiger partial charge >= 0.3 is 0 Å². The molecule has 0 fully saturated rings. The highest BCUT2D eigenvalue weighted by Crippen LogP contribution is 2.26. The number of fused-ring (bicyclic) bond motifs is 1. The lowest BCUT2D eigenvalue weighted by atomic mass is 10.2. The molecule has 0 aliphatic heterocycles. The molecule has 0 unspecified atom stereocenters. The molecule has 0 spiro atoms. The summed E-state index contributed by atoms with van der Waals surface area (Å²) in [6, 6.07) is 17.8. The number of hydrogen-bond acceptors (Lipinski definition) is 7. The highest BCUT2D eigenvalue weighted by molar-refractivity contribution is 7.98. The molecule has 30 heavy (non-hydrogen) atoms. The Morgan fingerprint density at radius 1 is 1.03 bits per heavy atom. The molecule has 148 valence electrons. The summed E-state index contributed by atoms with van der Waals surface area (Å²) in [7, 11) is 0. The molecular weight excluding hydrogens is 424 g/mol. The third kappa shape index (κ3) is 3.51. The van der Waals surface area contributed by atoms with Crippen LogP contribution in [0, 0.1) is 0 Å². The molecule has 0 atom stereocenters. The van der Waals surface area contributed by atoms with E-state index in [2.05, 4.69) is 15.1 Å². The highest BCUT2D eigenvalue weighted by atomic mass is 35.5. The zero-order valence-electron chi connectivity index (χ0n) is 15.4. The van der Waals surface area contributed by atoms with Gasteiger partial charge < -0.3 is 8.94 Å². The molecule has 3 aromatic heterocycles. The van der Waals surface area contributed by atoms with E-state index < -0.39 is 0 Å². The van der Waals surface area contributed by atoms with Crippen LogP contribution in [0.25, 0.3) is 28.2 Å². The van der Waals surface area contributed by atoms with Gasteiger partial charge in [0, 0.05) is 5.02 Å². The quantitative estimate of drug-likeness (QED) is 0.284. The number of halogens is 1. The molecule has 5 aromatic rings. The average molecular weight is 437 g/mol. The molecule has 2 aromatic carbocycles. The van der Waals surface area contributed by atoms with Crippen LogP contribution < -0.4 is 5.56 Å². The maximum absolute atomic E-state index is 13.2. The summed E-state index contributed by atoms with van der Waals surface area (Å²) in [6.07, 6.45) is 1.54. The maximum Gasteiger partial charge on any atom is 0.266 e. The molecule has 0 saturated heterocycles. The molecule has 9 heteroatoms. The minimum Gasteiger partial charge on any atom is -0.461 e. The number of aromatic nitrogens is 4. The lowest BCUT2D eigenvalue weighted by Gasteiger charge is -2.12. The first-order valence-electron chi connectivity index (χ1n) is 8.96. The fourth-order valence-electron chi connectivity index (χ4n) is 3.00. The molecule has 0 amide bonds. The number of furan rings is 1. The van der Waals surface area contributed by atoms with Crippen LogP contribution in [0.1, 0.15) is 5.89 Å². The third-order valence-corrected chi connectivity index (χ3v) is 5.50. The van der Waals surface area contributed by atoms with Crippen LogP contribution in [0.2, 0.25) is 5.02 Å². The number of benzene rings is 2. The number of nitrogens with zero attached hydrogens (tertiary/aromatic N) is 4. The lowest BCUT2D eigenvalue weighted by Crippen LogP contribution is -2.21. The summed E-state index contributed by atoms with van der Waals surface area (Å²) >= 11 is 7.48. The molecule has 5 rings (SSSR count). The second-order valence-corrected chi connectivity index (χ2v) is 7.69. The summed E-state index contributed by atoms with van der Waals surface area (Å²) in [5, 5.41) is 5.49. The predicted molar refractivity (Wildman–Crippen MR) is 114 cm³/mol. The first kappa shape index (κ1) is 18.7. The summed E-state index contributed by atoms with van der Waals surface area (Å²) in [5.74, 6) is 1.62. The molecule has 3 heterocycles. The van der Waals surface area contributed by atoms with E-state index in [-0.39, 0.29) is 5.56 Å². The van der Waals surface area contributed by atoms with Crippen molar-refractivity contribution in [2.24, 2.45) is 0 Å². The van der Waals surface area contributed by atoms with Gasteiger partial charge in [-0.3, -0.25) is 9.36 Å². The Bertz CT molecular complexity index is 1400. The van der Waals surface area contributed by atoms with E-state index in [1.807, 2.05) is 24.3 Å². The molecular formula is C21H13ClN4O3S. The van der Waals surface area contributed by atoms with Gasteiger partial charge in [0.15, 0.2) is 10.9 Å². The normalized spacial score (nSPS) is 11.2. The summed E-state index contributed by atoms with van der Waals surface area (Å²) in [5.41, 5.74) is 1.08. The van der Waals surface area contributed by atoms with Crippen molar-refractivity contribution in [3.63, 3.8) is 0 Å². The fraction of sp³-hybridized carbons (Fsp3) is 0.0476. The minimum absolute atomic E-state index is 0.174. The van der Waals surface area contributed by atoms with Crippen LogP contribution in [-0.2, 0) is 5.75 Å². The zero-order valence-corrected chi connectivity index (χ0v) is 16.9. The van der Waals surface area contributed by atoms with Gasteiger partial charge in [-0.05, 0) is 42.5 Å². The maximum atomic E-state index is 13.2. The Morgan fingerprint density at radius 2 is 1.93 bits per heavy atom. The van der Waals surface area contributed by atoms with Crippen molar-refractivity contribution in [2.45, 2.75) is 10.9 Å². The van der Waals surface area contributed by atoms with Crippen molar-refractivity contribution in [2.75, 3.05) is 0 Å². The SMILES string of the molecule is O=c1c2ccccc2nc(SCc2nc(-c3ccco3)no2)n1-c1cccc(Cl)c1. The van der Waals surface area contributed by atoms with Crippen LogP contribution in [0.4, 0.5) is 0 Å². The van der Waals surface area contributed by atoms with Gasteiger partial charge in [0.25, 0.3) is 5.56 Å². The van der Waals surface area contributed by atoms with Gasteiger partial charge in [-0.2, -0.15) is 4.98 Å². The van der Waals surface area contributed by atoms with E-state index in [1.165, 1.54) is 11.8 Å². The van der Waals surface area contributed by atoms with E-state index in [4.69, 9.17) is 20.5 Å². The van der Waals surface area contributed by atoms with Gasteiger partial charge in [0.2, 0.25) is 11.7 Å². The third-order valence-electron chi connectivity index (χ3n) is 4.35. The van der Waals surface area contributed by atoms with Crippen molar-refractivity contribution in [3.8, 4) is 17.3 Å². The number of hydrogen-bond donors (Lipinski definition) is 0. The van der Waals surface area contributed by atoms with E-state index >= 15 is 0 Å². The Balaban J connectivity index is 1.54. The zero-order chi connectivity index (χ0) is 20.5. The lowest BCUT2D eigenvalue weighted by molar-refractivity contribution is 0.390. The Hall–Kier alpha value is -3.36. The fourth-order valence-corrected chi connectivity index (χ4v) is 4.03. The molecule has 0 aliphatic carbocycles. The standard InChI is InChI=1S/C21H13ClN4O3S/c22-13-5-3-6-14(11-13)26-20(27)15-7-1-2-8-16(15)23-21(26)30-12-18-24-19(25-29-18)17-9-4-10-28-17/h1-11H,12H2. The van der Waals surface area contributed by atoms with Gasteiger partial charge in [-0.25, -0.2) is 4.98 Å². The number of rotatable bonds is 5. The minimum atomic E-state index is -0.174. The van der Waals surface area contributed by atoms with Crippen LogP contribution in [0.3, 0.4) is 0 Å². The van der Waals surface area contributed by atoms with Gasteiger partial charge in [0.05, 0.1) is 28.6 Å². The van der Waals surface area contributed by atoms with Crippen molar-refractivity contribution < 1.29 is 8.94 Å². The van der Waals surface area contributed by atoms with Crippen molar-refractivity contribution in [3.05, 3.63) is 88.2 Å². The second-order valence-electron chi connectivity index (χ2n) is 6.31. The Labute approximate surface area is 179 Å². The van der Waals surface area contributed by atoms with Gasteiger partial charge in [0.1, 0.15) is 0 Å². The van der Waals surface area contributed by atoms with Crippen molar-refractivity contribution in [1.29, 1.82) is 0 Å². The summed E-state index contributed by atoms with van der Waals surface area (Å²) in [4.78, 5) is 22.3. The smallest absolute Gasteiger partial charge is 0.266 e. The van der Waals surface area contributed by atoms with Crippen LogP contribution in [0.15, 0.2) is 85.8 Å². The largest absolute Gasteiger partial charge is 0.461 e. The molecule has 0 N–H and O–H groups in total. The van der Waals surface area contributed by atoms with E-state index in [0.717, 1.165) is 0 Å². The monoisotopic (exact) mass is 436 g/mol. The van der Waals surface area contributed by atoms with Gasteiger partial charge in [-0.1, -0.05) is 46.7 Å². The average Bonchev–Trinajstić information content (AvgIpc) is 3.44. The van der Waals surface area contributed by atoms with Gasteiger partial charge in [-0.15, -0.1) is 0 Å². The van der Waals surface area contributed by atoms with Crippen molar-refractivity contribution in [1.82, 2.24) is 19.7 Å². The molecule has 0 aliphatic rings. The van der Waals surface area contributed by atoms with Crippen molar-refractivity contribution >= 4 is 34.3 Å². The first-order chi connectivity index (χ1) is 14.7. The topological polar surface area (TPSA) is 86.9 Å². The number of para-hydroxylation sites is 1. The predicted octanol–water partition coefficient (Wildman–Crippen LogP) is 4.97. The second kappa shape index (κ2) is 7.81. The molecule has 0 bridgehead atoms. The molecule has 7 nitrogen and oxygen atoms in total. The Kier molecular flexibility index (Phi) is 4.86. The van der Waals surface area contributed by atoms with Crippen LogP contribution in [0.5, 0.6) is 0 Å². The van der Waals surface area contributed by atoms with E-state index in [9.17, 15) is 4.79 Å². The number of thioether (sulfide) groups is 1. The Morgan fingerprint density at radius 3 is 2.77 bits per heavy atom. The van der Waals surface area contributed by atoms with E-state index in [1.54, 1.807) is 47.2 Å².